The van der Waals surface area contributed by atoms with Gasteiger partial charge in [0.2, 0.25) is 0 Å². The summed E-state index contributed by atoms with van der Waals surface area (Å²) in [6.45, 7) is 0. The number of aryl methyl sites for hydroxylation is 1. The number of aromatic nitrogens is 2. The van der Waals surface area contributed by atoms with Gasteiger partial charge in [-0.05, 0) is 42.0 Å². The Hall–Kier alpha value is -3.72. The van der Waals surface area contributed by atoms with Gasteiger partial charge < -0.3 is 19.6 Å². The first-order valence-electron chi connectivity index (χ1n) is 8.99. The van der Waals surface area contributed by atoms with E-state index in [1.165, 1.54) is 18.4 Å². The van der Waals surface area contributed by atoms with Crippen LogP contribution in [0, 0.1) is 5.82 Å². The van der Waals surface area contributed by atoms with E-state index in [2.05, 4.69) is 15.6 Å². The Balaban J connectivity index is 1.53. The normalized spacial score (nSPS) is 11.8. The summed E-state index contributed by atoms with van der Waals surface area (Å²) in [6, 6.07) is 11.8. The largest absolute Gasteiger partial charge is 0.459 e. The van der Waals surface area contributed by atoms with Crippen molar-refractivity contribution in [3.8, 4) is 0 Å². The number of nitrogens with zero attached hydrogens (tertiary/aromatic N) is 2. The van der Waals surface area contributed by atoms with Crippen molar-refractivity contribution in [2.45, 2.75) is 6.04 Å². The SMILES string of the molecule is Cn1ccnc1[C@@H](NC(=O)c1ccc(NC(=O)c2ccco2)s1)c1ccc(F)cc1. The molecule has 2 N–H and O–H groups in total. The lowest BCUT2D eigenvalue weighted by Gasteiger charge is -2.18. The quantitative estimate of drug-likeness (QED) is 0.490. The van der Waals surface area contributed by atoms with Crippen molar-refractivity contribution in [3.63, 3.8) is 0 Å². The van der Waals surface area contributed by atoms with Gasteiger partial charge in [-0.25, -0.2) is 9.37 Å². The molecule has 152 valence electrons. The standard InChI is InChI=1S/C21H17FN4O3S/c1-26-11-10-23-19(26)18(13-4-6-14(22)7-5-13)25-21(28)16-8-9-17(30-16)24-20(27)15-3-2-12-29-15/h2-12,18H,1H3,(H,24,27)(H,25,28)/t18-/m0/s1. The van der Waals surface area contributed by atoms with Crippen molar-refractivity contribution in [2.75, 3.05) is 5.32 Å². The van der Waals surface area contributed by atoms with E-state index in [1.807, 2.05) is 7.05 Å². The minimum absolute atomic E-state index is 0.181. The summed E-state index contributed by atoms with van der Waals surface area (Å²) in [6.07, 6.45) is 4.81. The summed E-state index contributed by atoms with van der Waals surface area (Å²) in [5, 5.41) is 6.15. The van der Waals surface area contributed by atoms with Crippen molar-refractivity contribution >= 4 is 28.2 Å². The van der Waals surface area contributed by atoms with Crippen LogP contribution in [0.3, 0.4) is 0 Å². The average molecular weight is 424 g/mol. The number of anilines is 1. The molecule has 0 saturated carbocycles. The van der Waals surface area contributed by atoms with Gasteiger partial charge in [0.25, 0.3) is 11.8 Å². The van der Waals surface area contributed by atoms with Crippen LogP contribution in [0.25, 0.3) is 0 Å². The summed E-state index contributed by atoms with van der Waals surface area (Å²) in [4.78, 5) is 29.7. The van der Waals surface area contributed by atoms with Gasteiger partial charge in [0.15, 0.2) is 5.76 Å². The van der Waals surface area contributed by atoms with Crippen LogP contribution in [0.4, 0.5) is 9.39 Å². The highest BCUT2D eigenvalue weighted by Gasteiger charge is 2.22. The fourth-order valence-corrected chi connectivity index (χ4v) is 3.72. The van der Waals surface area contributed by atoms with Crippen LogP contribution in [-0.4, -0.2) is 21.4 Å². The highest BCUT2D eigenvalue weighted by atomic mass is 32.1. The zero-order valence-corrected chi connectivity index (χ0v) is 16.7. The van der Waals surface area contributed by atoms with Crippen molar-refractivity contribution in [1.29, 1.82) is 0 Å². The third-order valence-electron chi connectivity index (χ3n) is 4.41. The first-order valence-corrected chi connectivity index (χ1v) is 9.81. The smallest absolute Gasteiger partial charge is 0.291 e. The topological polar surface area (TPSA) is 89.2 Å². The van der Waals surface area contributed by atoms with Gasteiger partial charge in [-0.1, -0.05) is 12.1 Å². The number of furan rings is 1. The minimum Gasteiger partial charge on any atom is -0.459 e. The van der Waals surface area contributed by atoms with Crippen LogP contribution in [-0.2, 0) is 7.05 Å². The Bertz CT molecular complexity index is 1170. The molecule has 0 radical (unpaired) electrons. The Morgan fingerprint density at radius 3 is 2.60 bits per heavy atom. The monoisotopic (exact) mass is 424 g/mol. The highest BCUT2D eigenvalue weighted by molar-refractivity contribution is 7.18. The third-order valence-corrected chi connectivity index (χ3v) is 5.41. The lowest BCUT2D eigenvalue weighted by Crippen LogP contribution is -2.30. The molecule has 7 nitrogen and oxygen atoms in total. The maximum Gasteiger partial charge on any atom is 0.291 e. The molecule has 3 heterocycles. The average Bonchev–Trinajstić information content (AvgIpc) is 3.49. The van der Waals surface area contributed by atoms with Gasteiger partial charge >= 0.3 is 0 Å². The fourth-order valence-electron chi connectivity index (χ4n) is 2.92. The predicted molar refractivity (Wildman–Crippen MR) is 110 cm³/mol. The molecule has 0 aliphatic heterocycles. The van der Waals surface area contributed by atoms with Crippen molar-refractivity contribution in [2.24, 2.45) is 7.05 Å². The molecular formula is C21H17FN4O3S. The summed E-state index contributed by atoms with van der Waals surface area (Å²) >= 11 is 1.13. The molecule has 2 amide bonds. The molecule has 0 aliphatic carbocycles. The molecule has 4 rings (SSSR count). The minimum atomic E-state index is -0.568. The van der Waals surface area contributed by atoms with E-state index >= 15 is 0 Å². The van der Waals surface area contributed by atoms with Crippen molar-refractivity contribution in [1.82, 2.24) is 14.9 Å². The van der Waals surface area contributed by atoms with E-state index in [0.29, 0.717) is 21.3 Å². The van der Waals surface area contributed by atoms with E-state index < -0.39 is 11.9 Å². The van der Waals surface area contributed by atoms with Crippen LogP contribution in [0.1, 0.15) is 37.7 Å². The van der Waals surface area contributed by atoms with Gasteiger partial charge in [-0.3, -0.25) is 9.59 Å². The first kappa shape index (κ1) is 19.6. The number of benzene rings is 1. The van der Waals surface area contributed by atoms with E-state index in [9.17, 15) is 14.0 Å². The van der Waals surface area contributed by atoms with Crippen LogP contribution in [0.15, 0.2) is 71.6 Å². The number of hydrogen-bond donors (Lipinski definition) is 2. The summed E-state index contributed by atoms with van der Waals surface area (Å²) in [7, 11) is 1.82. The molecule has 9 heteroatoms. The molecule has 0 saturated heterocycles. The number of halogens is 1. The van der Waals surface area contributed by atoms with Gasteiger partial charge in [-0.15, -0.1) is 11.3 Å². The highest BCUT2D eigenvalue weighted by Crippen LogP contribution is 2.25. The van der Waals surface area contributed by atoms with Crippen LogP contribution < -0.4 is 10.6 Å². The van der Waals surface area contributed by atoms with E-state index in [-0.39, 0.29) is 17.5 Å². The number of thiophene rings is 1. The third kappa shape index (κ3) is 4.15. The molecule has 1 aromatic carbocycles. The lowest BCUT2D eigenvalue weighted by atomic mass is 10.1. The number of nitrogens with one attached hydrogen (secondary N) is 2. The molecule has 0 spiro atoms. The maximum absolute atomic E-state index is 13.4. The van der Waals surface area contributed by atoms with Crippen molar-refractivity contribution < 1.29 is 18.4 Å². The Labute approximate surface area is 175 Å². The molecule has 3 aromatic heterocycles. The molecule has 0 fully saturated rings. The zero-order chi connectivity index (χ0) is 21.1. The van der Waals surface area contributed by atoms with Crippen LogP contribution in [0.2, 0.25) is 0 Å². The van der Waals surface area contributed by atoms with E-state index in [4.69, 9.17) is 4.42 Å². The molecule has 30 heavy (non-hydrogen) atoms. The van der Waals surface area contributed by atoms with Crippen LogP contribution >= 0.6 is 11.3 Å². The molecule has 0 bridgehead atoms. The van der Waals surface area contributed by atoms with Gasteiger partial charge in [0.1, 0.15) is 17.7 Å². The second-order valence-corrected chi connectivity index (χ2v) is 7.53. The predicted octanol–water partition coefficient (Wildman–Crippen LogP) is 3.99. The van der Waals surface area contributed by atoms with Gasteiger partial charge in [-0.2, -0.15) is 0 Å². The van der Waals surface area contributed by atoms with Crippen LogP contribution in [0.5, 0.6) is 0 Å². The number of hydrogen-bond acceptors (Lipinski definition) is 5. The number of carbonyl (C=O) groups is 2. The van der Waals surface area contributed by atoms with E-state index in [0.717, 1.165) is 11.3 Å². The second kappa shape index (κ2) is 8.34. The summed E-state index contributed by atoms with van der Waals surface area (Å²) in [5.41, 5.74) is 0.696. The van der Waals surface area contributed by atoms with E-state index in [1.54, 1.807) is 53.4 Å². The Morgan fingerprint density at radius 1 is 1.13 bits per heavy atom. The van der Waals surface area contributed by atoms with Gasteiger partial charge in [0, 0.05) is 19.4 Å². The second-order valence-electron chi connectivity index (χ2n) is 6.45. The zero-order valence-electron chi connectivity index (χ0n) is 15.8. The number of amides is 2. The molecule has 4 aromatic rings. The lowest BCUT2D eigenvalue weighted by molar-refractivity contribution is 0.0944. The number of rotatable bonds is 6. The summed E-state index contributed by atoms with van der Waals surface area (Å²) in [5.74, 6) is -0.306. The molecule has 1 atom stereocenters. The molecular weight excluding hydrogens is 407 g/mol. The Kier molecular flexibility index (Phi) is 5.44. The Morgan fingerprint density at radius 2 is 1.93 bits per heavy atom. The fraction of sp³-hybridized carbons (Fsp3) is 0.0952. The first-order chi connectivity index (χ1) is 14.5. The molecule has 0 unspecified atom stereocenters. The van der Waals surface area contributed by atoms with Crippen molar-refractivity contribution in [3.05, 3.63) is 95.0 Å². The number of carbonyl (C=O) groups excluding carboxylic acids is 2. The van der Waals surface area contributed by atoms with Gasteiger partial charge in [0.05, 0.1) is 16.1 Å². The summed E-state index contributed by atoms with van der Waals surface area (Å²) < 4.78 is 20.2. The number of imidazole rings is 1. The molecule has 0 aliphatic rings. The maximum atomic E-state index is 13.4.